The summed E-state index contributed by atoms with van der Waals surface area (Å²) in [7, 11) is 1.43. The Morgan fingerprint density at radius 2 is 1.79 bits per heavy atom. The second-order valence-electron chi connectivity index (χ2n) is 7.53. The van der Waals surface area contributed by atoms with E-state index < -0.39 is 29.3 Å². The Labute approximate surface area is 199 Å². The van der Waals surface area contributed by atoms with E-state index in [4.69, 9.17) is 27.9 Å². The molecule has 1 amide bonds. The number of aryl methyl sites for hydroxylation is 1. The van der Waals surface area contributed by atoms with Gasteiger partial charge in [-0.15, -0.1) is 0 Å². The number of benzene rings is 3. The van der Waals surface area contributed by atoms with Crippen LogP contribution in [0.1, 0.15) is 22.7 Å². The first kappa shape index (κ1) is 22.8. The van der Waals surface area contributed by atoms with Crippen molar-refractivity contribution in [1.29, 1.82) is 0 Å². The Hall–Kier alpha value is -3.35. The normalized spacial score (nSPS) is 17.5. The van der Waals surface area contributed by atoms with Crippen LogP contribution in [0.4, 0.5) is 10.1 Å². The Balaban J connectivity index is 2.01. The lowest BCUT2D eigenvalue weighted by atomic mass is 9.94. The van der Waals surface area contributed by atoms with Gasteiger partial charge in [-0.2, -0.15) is 0 Å². The highest BCUT2D eigenvalue weighted by atomic mass is 35.5. The second-order valence-corrected chi connectivity index (χ2v) is 8.34. The number of ether oxygens (including phenoxy) is 1. The number of aliphatic hydroxyl groups excluding tert-OH is 1. The van der Waals surface area contributed by atoms with Gasteiger partial charge in [0.1, 0.15) is 17.3 Å². The van der Waals surface area contributed by atoms with E-state index in [0.29, 0.717) is 11.3 Å². The molecule has 1 fully saturated rings. The van der Waals surface area contributed by atoms with Crippen LogP contribution in [0.5, 0.6) is 5.75 Å². The highest BCUT2D eigenvalue weighted by Crippen LogP contribution is 2.44. The molecule has 0 radical (unpaired) electrons. The van der Waals surface area contributed by atoms with E-state index in [1.807, 2.05) is 6.92 Å². The van der Waals surface area contributed by atoms with Crippen molar-refractivity contribution in [3.63, 3.8) is 0 Å². The van der Waals surface area contributed by atoms with E-state index in [0.717, 1.165) is 16.5 Å². The monoisotopic (exact) mass is 485 g/mol. The molecule has 0 spiro atoms. The second kappa shape index (κ2) is 8.89. The van der Waals surface area contributed by atoms with E-state index in [-0.39, 0.29) is 26.9 Å². The minimum atomic E-state index is -1.08. The molecule has 168 valence electrons. The predicted molar refractivity (Wildman–Crippen MR) is 125 cm³/mol. The highest BCUT2D eigenvalue weighted by molar-refractivity contribution is 6.52. The molecule has 1 atom stereocenters. The molecule has 33 heavy (non-hydrogen) atoms. The van der Waals surface area contributed by atoms with Gasteiger partial charge >= 0.3 is 0 Å². The molecule has 1 N–H and O–H groups in total. The topological polar surface area (TPSA) is 66.8 Å². The number of Topliss-reactive ketones (excluding diaryl/α,β-unsaturated/α-hetero) is 1. The maximum Gasteiger partial charge on any atom is 0.300 e. The van der Waals surface area contributed by atoms with Gasteiger partial charge < -0.3 is 9.84 Å². The lowest BCUT2D eigenvalue weighted by Gasteiger charge is -2.26. The number of carbonyl (C=O) groups excluding carboxylic acids is 2. The van der Waals surface area contributed by atoms with E-state index in [9.17, 15) is 19.1 Å². The zero-order chi connectivity index (χ0) is 23.9. The molecule has 3 aromatic carbocycles. The highest BCUT2D eigenvalue weighted by Gasteiger charge is 2.47. The van der Waals surface area contributed by atoms with Crippen LogP contribution >= 0.6 is 23.2 Å². The third kappa shape index (κ3) is 4.08. The summed E-state index contributed by atoms with van der Waals surface area (Å²) in [5, 5.41) is 11.8. The first-order chi connectivity index (χ1) is 15.7. The van der Waals surface area contributed by atoms with Crippen LogP contribution in [0.3, 0.4) is 0 Å². The average molecular weight is 486 g/mol. The molecule has 1 saturated heterocycles. The number of hydrogen-bond acceptors (Lipinski definition) is 4. The lowest BCUT2D eigenvalue weighted by Crippen LogP contribution is -2.29. The fourth-order valence-electron chi connectivity index (χ4n) is 3.87. The zero-order valence-electron chi connectivity index (χ0n) is 17.6. The van der Waals surface area contributed by atoms with Crippen LogP contribution in [-0.4, -0.2) is 23.9 Å². The van der Waals surface area contributed by atoms with Gasteiger partial charge in [-0.25, -0.2) is 4.39 Å². The SMILES string of the molecule is COc1ccc(C)cc1/C(O)=C1\C(=O)C(=O)N(c2cccc(F)c2)C1c1ccc(Cl)c(Cl)c1. The number of amides is 1. The molecule has 8 heteroatoms. The number of anilines is 1. The summed E-state index contributed by atoms with van der Waals surface area (Å²) in [6, 6.07) is 13.9. The molecule has 0 bridgehead atoms. The van der Waals surface area contributed by atoms with Crippen LogP contribution < -0.4 is 9.64 Å². The standard InChI is InChI=1S/C25H18Cl2FNO4/c1-13-6-9-20(33-2)17(10-13)23(30)21-22(14-7-8-18(26)19(27)11-14)29(25(32)24(21)31)16-5-3-4-15(28)12-16/h3-12,22,30H,1-2H3/b23-21+. The number of methoxy groups -OCH3 is 1. The summed E-state index contributed by atoms with van der Waals surface area (Å²) in [4.78, 5) is 27.5. The number of carbonyl (C=O) groups is 2. The zero-order valence-corrected chi connectivity index (χ0v) is 19.1. The van der Waals surface area contributed by atoms with Crippen molar-refractivity contribution in [3.05, 3.63) is 98.8 Å². The molecule has 1 aliphatic heterocycles. The summed E-state index contributed by atoms with van der Waals surface area (Å²) >= 11 is 12.3. The average Bonchev–Trinajstić information content (AvgIpc) is 3.05. The van der Waals surface area contributed by atoms with E-state index in [2.05, 4.69) is 0 Å². The maximum atomic E-state index is 14.0. The molecule has 0 aromatic heterocycles. The van der Waals surface area contributed by atoms with Crippen molar-refractivity contribution in [2.45, 2.75) is 13.0 Å². The van der Waals surface area contributed by atoms with Gasteiger partial charge in [0.2, 0.25) is 0 Å². The third-order valence-electron chi connectivity index (χ3n) is 5.40. The van der Waals surface area contributed by atoms with Crippen molar-refractivity contribution in [2.75, 3.05) is 12.0 Å². The Bertz CT molecular complexity index is 1320. The maximum absolute atomic E-state index is 14.0. The van der Waals surface area contributed by atoms with E-state index in [1.165, 1.54) is 37.4 Å². The summed E-state index contributed by atoms with van der Waals surface area (Å²) in [6.45, 7) is 1.82. The fraction of sp³-hybridized carbons (Fsp3) is 0.120. The van der Waals surface area contributed by atoms with E-state index >= 15 is 0 Å². The fourth-order valence-corrected chi connectivity index (χ4v) is 4.18. The number of nitrogens with zero attached hydrogens (tertiary/aromatic N) is 1. The van der Waals surface area contributed by atoms with Gasteiger partial charge in [0.15, 0.2) is 0 Å². The summed E-state index contributed by atoms with van der Waals surface area (Å²) < 4.78 is 19.4. The van der Waals surface area contributed by atoms with Gasteiger partial charge in [-0.1, -0.05) is 47.0 Å². The largest absolute Gasteiger partial charge is 0.507 e. The number of hydrogen-bond donors (Lipinski definition) is 1. The van der Waals surface area contributed by atoms with E-state index in [1.54, 1.807) is 24.3 Å². The van der Waals surface area contributed by atoms with Gasteiger partial charge in [-0.3, -0.25) is 14.5 Å². The molecule has 5 nitrogen and oxygen atoms in total. The van der Waals surface area contributed by atoms with Gasteiger partial charge in [-0.05, 0) is 55.0 Å². The molecule has 1 aliphatic rings. The molecule has 3 aromatic rings. The van der Waals surface area contributed by atoms with Crippen molar-refractivity contribution in [3.8, 4) is 5.75 Å². The van der Waals surface area contributed by atoms with Crippen LogP contribution in [0.25, 0.3) is 5.76 Å². The Morgan fingerprint density at radius 3 is 2.45 bits per heavy atom. The molecule has 0 saturated carbocycles. The van der Waals surface area contributed by atoms with Crippen molar-refractivity contribution < 1.29 is 23.8 Å². The van der Waals surface area contributed by atoms with Crippen molar-refractivity contribution in [2.24, 2.45) is 0 Å². The predicted octanol–water partition coefficient (Wildman–Crippen LogP) is 6.08. The number of aliphatic hydroxyl groups is 1. The van der Waals surface area contributed by atoms with Crippen LogP contribution in [-0.2, 0) is 9.59 Å². The van der Waals surface area contributed by atoms with Crippen LogP contribution in [0, 0.1) is 12.7 Å². The van der Waals surface area contributed by atoms with Crippen molar-refractivity contribution in [1.82, 2.24) is 0 Å². The summed E-state index contributed by atoms with van der Waals surface area (Å²) in [6.07, 6.45) is 0. The lowest BCUT2D eigenvalue weighted by molar-refractivity contribution is -0.132. The molecule has 1 unspecified atom stereocenters. The third-order valence-corrected chi connectivity index (χ3v) is 6.14. The van der Waals surface area contributed by atoms with Gasteiger partial charge in [0, 0.05) is 5.69 Å². The minimum absolute atomic E-state index is 0.156. The summed E-state index contributed by atoms with van der Waals surface area (Å²) in [5.74, 6) is -2.50. The Kier molecular flexibility index (Phi) is 6.15. The van der Waals surface area contributed by atoms with Gasteiger partial charge in [0.05, 0.1) is 34.3 Å². The Morgan fingerprint density at radius 1 is 1.03 bits per heavy atom. The number of halogens is 3. The van der Waals surface area contributed by atoms with Crippen LogP contribution in [0.15, 0.2) is 66.2 Å². The van der Waals surface area contributed by atoms with Gasteiger partial charge in [0.25, 0.3) is 11.7 Å². The first-order valence-electron chi connectivity index (χ1n) is 9.89. The molecular formula is C25H18Cl2FNO4. The molecule has 0 aliphatic carbocycles. The molecule has 1 heterocycles. The number of ketones is 1. The quantitative estimate of drug-likeness (QED) is 0.276. The number of rotatable bonds is 4. The first-order valence-corrected chi connectivity index (χ1v) is 10.6. The van der Waals surface area contributed by atoms with Crippen LogP contribution in [0.2, 0.25) is 10.0 Å². The minimum Gasteiger partial charge on any atom is -0.507 e. The summed E-state index contributed by atoms with van der Waals surface area (Å²) in [5.41, 5.74) is 1.46. The smallest absolute Gasteiger partial charge is 0.300 e. The molecule has 4 rings (SSSR count). The molecular weight excluding hydrogens is 468 g/mol. The van der Waals surface area contributed by atoms with Crippen molar-refractivity contribution >= 4 is 46.3 Å².